The molecule has 4 aliphatic rings. The van der Waals surface area contributed by atoms with Crippen molar-refractivity contribution in [2.24, 2.45) is 23.7 Å². The van der Waals surface area contributed by atoms with Crippen LogP contribution in [0.3, 0.4) is 0 Å². The van der Waals surface area contributed by atoms with Crippen molar-refractivity contribution in [2.45, 2.75) is 44.9 Å². The first-order chi connectivity index (χ1) is 21.0. The summed E-state index contributed by atoms with van der Waals surface area (Å²) >= 11 is 0. The van der Waals surface area contributed by atoms with Gasteiger partial charge in [-0.2, -0.15) is 5.01 Å². The molecule has 44 heavy (non-hydrogen) atoms. The molecule has 2 saturated heterocycles. The van der Waals surface area contributed by atoms with Crippen molar-refractivity contribution in [3.8, 4) is 5.75 Å². The highest BCUT2D eigenvalue weighted by Gasteiger charge is 2.70. The van der Waals surface area contributed by atoms with Crippen LogP contribution >= 0.6 is 0 Å². The Labute approximate surface area is 256 Å². The van der Waals surface area contributed by atoms with Gasteiger partial charge in [-0.05, 0) is 73.9 Å². The second-order valence-corrected chi connectivity index (χ2v) is 12.8. The van der Waals surface area contributed by atoms with Gasteiger partial charge >= 0.3 is 0 Å². The molecular formula is C36H35N3O5. The maximum Gasteiger partial charge on any atom is 0.260 e. The Balaban J connectivity index is 1.48. The average Bonchev–Trinajstić information content (AvgIpc) is 3.37. The topological polar surface area (TPSA) is 107 Å². The van der Waals surface area contributed by atoms with Gasteiger partial charge in [0.05, 0.1) is 28.9 Å². The fourth-order valence-electron chi connectivity index (χ4n) is 8.44. The number of likely N-dealkylation sites (tertiary alicyclic amines) is 1. The molecule has 0 radical (unpaired) electrons. The molecule has 0 aromatic heterocycles. The van der Waals surface area contributed by atoms with Gasteiger partial charge in [0.15, 0.2) is 0 Å². The number of hydrogen-bond donors (Lipinski definition) is 2. The lowest BCUT2D eigenvalue weighted by molar-refractivity contribution is -0.140. The van der Waals surface area contributed by atoms with E-state index in [1.807, 2.05) is 93.6 Å². The molecule has 6 atom stereocenters. The van der Waals surface area contributed by atoms with E-state index in [-0.39, 0.29) is 35.8 Å². The number of imide groups is 2. The summed E-state index contributed by atoms with van der Waals surface area (Å²) in [7, 11) is 1.53. The van der Waals surface area contributed by atoms with E-state index >= 15 is 4.79 Å². The van der Waals surface area contributed by atoms with Crippen LogP contribution < -0.4 is 5.43 Å². The standard InChI is InChI=1S/C36H35N3O5/c1-19-10-12-24(13-11-19)37-39-33(42)28-18-27-25(14-15-26-29(27)34(43)38(4)32(26)41)30(22-16-20(2)31(40)21(3)17-22)36(28,35(39)44)23-8-6-5-7-9-23/h5-14,16-17,26-30,37,40H,15,18H2,1-4H3. The van der Waals surface area contributed by atoms with Gasteiger partial charge in [0.1, 0.15) is 5.75 Å². The van der Waals surface area contributed by atoms with Crippen molar-refractivity contribution >= 4 is 29.3 Å². The lowest BCUT2D eigenvalue weighted by Crippen LogP contribution is -2.53. The number of aromatic hydroxyl groups is 1. The number of benzene rings is 3. The molecular weight excluding hydrogens is 554 g/mol. The second kappa shape index (κ2) is 9.91. The second-order valence-electron chi connectivity index (χ2n) is 12.8. The minimum atomic E-state index is -1.32. The number of phenolic OH excluding ortho intramolecular Hbond substituents is 1. The monoisotopic (exact) mass is 589 g/mol. The number of phenols is 1. The minimum absolute atomic E-state index is 0.179. The lowest BCUT2D eigenvalue weighted by Gasteiger charge is -2.50. The summed E-state index contributed by atoms with van der Waals surface area (Å²) in [4.78, 5) is 57.6. The average molecular weight is 590 g/mol. The number of rotatable bonds is 4. The van der Waals surface area contributed by atoms with Crippen LogP contribution in [0.15, 0.2) is 78.4 Å². The van der Waals surface area contributed by atoms with Crippen LogP contribution in [0.5, 0.6) is 5.75 Å². The molecule has 8 heteroatoms. The number of aryl methyl sites for hydroxylation is 3. The number of hydrazine groups is 1. The predicted molar refractivity (Wildman–Crippen MR) is 164 cm³/mol. The molecule has 1 saturated carbocycles. The zero-order valence-corrected chi connectivity index (χ0v) is 25.2. The number of nitrogens with one attached hydrogen (secondary N) is 1. The third-order valence-corrected chi connectivity index (χ3v) is 10.5. The largest absolute Gasteiger partial charge is 0.507 e. The SMILES string of the molecule is Cc1ccc(NN2C(=O)C3CC4C(=CCC5C(=O)N(C)C(=O)C54)C(c4cc(C)c(O)c(C)c4)C3(c3ccccc3)C2=O)cc1. The highest BCUT2D eigenvalue weighted by Crippen LogP contribution is 2.64. The molecule has 4 amide bonds. The number of amides is 4. The highest BCUT2D eigenvalue weighted by molar-refractivity contribution is 6.13. The molecule has 2 N–H and O–H groups in total. The van der Waals surface area contributed by atoms with E-state index in [1.54, 1.807) is 0 Å². The smallest absolute Gasteiger partial charge is 0.260 e. The Morgan fingerprint density at radius 3 is 2.16 bits per heavy atom. The van der Waals surface area contributed by atoms with Gasteiger partial charge in [-0.25, -0.2) is 0 Å². The molecule has 7 rings (SSSR count). The lowest BCUT2D eigenvalue weighted by atomic mass is 9.49. The summed E-state index contributed by atoms with van der Waals surface area (Å²) in [6, 6.07) is 20.8. The Bertz CT molecular complexity index is 1740. The highest BCUT2D eigenvalue weighted by atomic mass is 16.3. The maximum absolute atomic E-state index is 15.1. The number of fused-ring (bicyclic) bond motifs is 4. The van der Waals surface area contributed by atoms with Gasteiger partial charge in [0.25, 0.3) is 11.8 Å². The molecule has 224 valence electrons. The van der Waals surface area contributed by atoms with E-state index in [2.05, 4.69) is 5.43 Å². The summed E-state index contributed by atoms with van der Waals surface area (Å²) < 4.78 is 0. The van der Waals surface area contributed by atoms with Crippen LogP contribution in [0, 0.1) is 44.4 Å². The summed E-state index contributed by atoms with van der Waals surface area (Å²) in [6.07, 6.45) is 2.70. The molecule has 8 nitrogen and oxygen atoms in total. The summed E-state index contributed by atoms with van der Waals surface area (Å²) in [5.41, 5.74) is 7.21. The third kappa shape index (κ3) is 3.76. The number of carbonyl (C=O) groups excluding carboxylic acids is 4. The summed E-state index contributed by atoms with van der Waals surface area (Å²) in [6.45, 7) is 5.62. The van der Waals surface area contributed by atoms with E-state index in [1.165, 1.54) is 17.0 Å². The van der Waals surface area contributed by atoms with E-state index in [4.69, 9.17) is 0 Å². The van der Waals surface area contributed by atoms with Crippen molar-refractivity contribution in [3.05, 3.63) is 106 Å². The molecule has 6 unspecified atom stereocenters. The van der Waals surface area contributed by atoms with Crippen molar-refractivity contribution in [1.29, 1.82) is 0 Å². The van der Waals surface area contributed by atoms with Crippen molar-refractivity contribution in [2.75, 3.05) is 12.5 Å². The van der Waals surface area contributed by atoms with Crippen molar-refractivity contribution in [3.63, 3.8) is 0 Å². The number of allylic oxidation sites excluding steroid dienone is 2. The molecule has 3 aromatic rings. The fraction of sp³-hybridized carbons (Fsp3) is 0.333. The van der Waals surface area contributed by atoms with Gasteiger partial charge in [-0.15, -0.1) is 0 Å². The van der Waals surface area contributed by atoms with E-state index in [0.29, 0.717) is 23.2 Å². The van der Waals surface area contributed by atoms with E-state index in [9.17, 15) is 19.5 Å². The van der Waals surface area contributed by atoms with Crippen LogP contribution in [0.25, 0.3) is 0 Å². The van der Waals surface area contributed by atoms with E-state index in [0.717, 1.165) is 22.3 Å². The van der Waals surface area contributed by atoms with Crippen LogP contribution in [0.4, 0.5) is 5.69 Å². The molecule has 2 heterocycles. The number of hydrogen-bond acceptors (Lipinski definition) is 6. The molecule has 0 spiro atoms. The first-order valence-corrected chi connectivity index (χ1v) is 15.1. The van der Waals surface area contributed by atoms with Crippen molar-refractivity contribution < 1.29 is 24.3 Å². The van der Waals surface area contributed by atoms with Gasteiger partial charge in [0, 0.05) is 13.0 Å². The summed E-state index contributed by atoms with van der Waals surface area (Å²) in [5, 5.41) is 11.9. The zero-order chi connectivity index (χ0) is 31.1. The van der Waals surface area contributed by atoms with Crippen LogP contribution in [-0.4, -0.2) is 45.7 Å². The molecule has 2 aliphatic heterocycles. The Kier molecular flexibility index (Phi) is 6.32. The fourth-order valence-corrected chi connectivity index (χ4v) is 8.44. The molecule has 3 fully saturated rings. The van der Waals surface area contributed by atoms with Crippen LogP contribution in [-0.2, 0) is 24.6 Å². The molecule has 2 aliphatic carbocycles. The number of nitrogens with zero attached hydrogens (tertiary/aromatic N) is 2. The normalized spacial score (nSPS) is 29.4. The Hall–Kier alpha value is -4.72. The zero-order valence-electron chi connectivity index (χ0n) is 25.2. The Morgan fingerprint density at radius 1 is 0.841 bits per heavy atom. The third-order valence-electron chi connectivity index (χ3n) is 10.5. The van der Waals surface area contributed by atoms with Gasteiger partial charge in [-0.3, -0.25) is 29.5 Å². The van der Waals surface area contributed by atoms with Gasteiger partial charge in [-0.1, -0.05) is 71.8 Å². The van der Waals surface area contributed by atoms with Gasteiger partial charge < -0.3 is 5.11 Å². The predicted octanol–water partition coefficient (Wildman–Crippen LogP) is 4.93. The summed E-state index contributed by atoms with van der Waals surface area (Å²) in [5.74, 6) is -3.85. The molecule has 0 bridgehead atoms. The minimum Gasteiger partial charge on any atom is -0.507 e. The van der Waals surface area contributed by atoms with Crippen LogP contribution in [0.2, 0.25) is 0 Å². The van der Waals surface area contributed by atoms with Crippen molar-refractivity contribution in [1.82, 2.24) is 9.91 Å². The Morgan fingerprint density at radius 2 is 1.50 bits per heavy atom. The number of anilines is 1. The quantitative estimate of drug-likeness (QED) is 0.330. The first kappa shape index (κ1) is 28.1. The van der Waals surface area contributed by atoms with Crippen LogP contribution in [0.1, 0.15) is 46.6 Å². The molecule has 3 aromatic carbocycles. The van der Waals surface area contributed by atoms with Gasteiger partial charge in [0.2, 0.25) is 11.8 Å². The van der Waals surface area contributed by atoms with E-state index < -0.39 is 35.0 Å². The number of carbonyl (C=O) groups is 4. The maximum atomic E-state index is 15.1. The first-order valence-electron chi connectivity index (χ1n) is 15.1.